The smallest absolute Gasteiger partial charge is 0.408 e. The molecule has 1 atom stereocenters. The third-order valence-electron chi connectivity index (χ3n) is 3.64. The van der Waals surface area contributed by atoms with Crippen molar-refractivity contribution in [1.29, 1.82) is 0 Å². The van der Waals surface area contributed by atoms with Crippen molar-refractivity contribution < 1.29 is 28.8 Å². The Labute approximate surface area is 181 Å². The molecule has 2 amide bonds. The molecule has 1 rings (SSSR count). The molecule has 0 saturated carbocycles. The first-order valence-corrected chi connectivity index (χ1v) is 9.89. The van der Waals surface area contributed by atoms with E-state index in [1.807, 2.05) is 0 Å². The molecule has 10 nitrogen and oxygen atoms in total. The highest BCUT2D eigenvalue weighted by Gasteiger charge is 2.25. The molecule has 0 aliphatic carbocycles. The summed E-state index contributed by atoms with van der Waals surface area (Å²) in [4.78, 5) is 46.9. The second-order valence-electron chi connectivity index (χ2n) is 8.95. The quantitative estimate of drug-likeness (QED) is 0.362. The molecule has 1 unspecified atom stereocenters. The zero-order valence-electron chi connectivity index (χ0n) is 18.8. The summed E-state index contributed by atoms with van der Waals surface area (Å²) >= 11 is 0. The number of ether oxygens (including phenoxy) is 2. The summed E-state index contributed by atoms with van der Waals surface area (Å²) < 4.78 is 10.4. The van der Waals surface area contributed by atoms with Gasteiger partial charge in [0.15, 0.2) is 0 Å². The van der Waals surface area contributed by atoms with Crippen LogP contribution in [0.1, 0.15) is 53.5 Å². The van der Waals surface area contributed by atoms with Gasteiger partial charge in [-0.2, -0.15) is 0 Å². The predicted molar refractivity (Wildman–Crippen MR) is 113 cm³/mol. The number of carbonyl (C=O) groups is 3. The number of non-ortho nitro benzene ring substituents is 1. The molecule has 0 saturated heterocycles. The summed E-state index contributed by atoms with van der Waals surface area (Å²) in [5.41, 5.74) is -0.858. The van der Waals surface area contributed by atoms with Crippen LogP contribution in [-0.2, 0) is 25.5 Å². The summed E-state index contributed by atoms with van der Waals surface area (Å²) in [5.74, 6) is -0.979. The summed E-state index contributed by atoms with van der Waals surface area (Å²) in [7, 11) is 0. The van der Waals surface area contributed by atoms with E-state index in [0.717, 1.165) is 0 Å². The molecule has 0 fully saturated rings. The van der Waals surface area contributed by atoms with Crippen molar-refractivity contribution in [2.45, 2.75) is 71.6 Å². The average Bonchev–Trinajstić information content (AvgIpc) is 2.58. The number of nitrogens with zero attached hydrogens (tertiary/aromatic N) is 1. The SMILES string of the molecule is CC(C)(C)OC(=O)CCNC(=O)C(Cc1ccc([N+](=O)[O-])cc1)NC(=O)OC(C)(C)C. The maximum atomic E-state index is 12.6. The minimum absolute atomic E-state index is 0.0281. The van der Waals surface area contributed by atoms with Gasteiger partial charge in [-0.3, -0.25) is 19.7 Å². The van der Waals surface area contributed by atoms with E-state index in [9.17, 15) is 24.5 Å². The average molecular weight is 437 g/mol. The molecule has 0 aliphatic heterocycles. The van der Waals surface area contributed by atoms with Crippen molar-refractivity contribution >= 4 is 23.7 Å². The minimum atomic E-state index is -1.00. The fourth-order valence-electron chi connectivity index (χ4n) is 2.45. The Bertz CT molecular complexity index is 793. The van der Waals surface area contributed by atoms with E-state index in [4.69, 9.17) is 9.47 Å². The molecule has 0 spiro atoms. The molecule has 172 valence electrons. The van der Waals surface area contributed by atoms with E-state index in [0.29, 0.717) is 5.56 Å². The van der Waals surface area contributed by atoms with Crippen LogP contribution in [-0.4, -0.2) is 46.7 Å². The monoisotopic (exact) mass is 437 g/mol. The second-order valence-corrected chi connectivity index (χ2v) is 8.95. The lowest BCUT2D eigenvalue weighted by Gasteiger charge is -2.23. The molecule has 1 aromatic rings. The van der Waals surface area contributed by atoms with Gasteiger partial charge in [-0.25, -0.2) is 4.79 Å². The number of benzene rings is 1. The van der Waals surface area contributed by atoms with Crippen molar-refractivity contribution in [3.63, 3.8) is 0 Å². The molecule has 0 bridgehead atoms. The number of nitro benzene ring substituents is 1. The topological polar surface area (TPSA) is 137 Å². The van der Waals surface area contributed by atoms with Crippen LogP contribution in [0.25, 0.3) is 0 Å². The van der Waals surface area contributed by atoms with Crippen LogP contribution < -0.4 is 10.6 Å². The fourth-order valence-corrected chi connectivity index (χ4v) is 2.45. The van der Waals surface area contributed by atoms with E-state index in [2.05, 4.69) is 10.6 Å². The number of rotatable bonds is 8. The van der Waals surface area contributed by atoms with Crippen LogP contribution in [0.3, 0.4) is 0 Å². The Morgan fingerprint density at radius 1 is 1.00 bits per heavy atom. The lowest BCUT2D eigenvalue weighted by molar-refractivity contribution is -0.384. The molecule has 1 aromatic carbocycles. The van der Waals surface area contributed by atoms with Gasteiger partial charge < -0.3 is 20.1 Å². The molecule has 0 heterocycles. The Morgan fingerprint density at radius 2 is 1.55 bits per heavy atom. The highest BCUT2D eigenvalue weighted by molar-refractivity contribution is 5.86. The zero-order chi connectivity index (χ0) is 23.8. The van der Waals surface area contributed by atoms with Crippen LogP contribution in [0.5, 0.6) is 0 Å². The van der Waals surface area contributed by atoms with Crippen molar-refractivity contribution in [1.82, 2.24) is 10.6 Å². The summed E-state index contributed by atoms with van der Waals surface area (Å²) in [6.45, 7) is 10.3. The van der Waals surface area contributed by atoms with Gasteiger partial charge in [0.25, 0.3) is 5.69 Å². The molecule has 0 aliphatic rings. The first kappa shape index (κ1) is 25.9. The zero-order valence-corrected chi connectivity index (χ0v) is 18.8. The van der Waals surface area contributed by atoms with Crippen LogP contribution in [0, 0.1) is 10.1 Å². The van der Waals surface area contributed by atoms with Crippen LogP contribution in [0.2, 0.25) is 0 Å². The Balaban J connectivity index is 2.81. The van der Waals surface area contributed by atoms with Crippen molar-refractivity contribution in [3.05, 3.63) is 39.9 Å². The number of alkyl carbamates (subject to hydrolysis) is 1. The Morgan fingerprint density at radius 3 is 2.03 bits per heavy atom. The first-order valence-electron chi connectivity index (χ1n) is 9.89. The maximum absolute atomic E-state index is 12.6. The molecule has 10 heteroatoms. The third-order valence-corrected chi connectivity index (χ3v) is 3.64. The van der Waals surface area contributed by atoms with Crippen LogP contribution >= 0.6 is 0 Å². The largest absolute Gasteiger partial charge is 0.460 e. The number of amides is 2. The summed E-state index contributed by atoms with van der Waals surface area (Å²) in [6, 6.07) is 4.65. The summed E-state index contributed by atoms with van der Waals surface area (Å²) in [5, 5.41) is 15.9. The van der Waals surface area contributed by atoms with Crippen molar-refractivity contribution in [3.8, 4) is 0 Å². The number of nitrogens with one attached hydrogen (secondary N) is 2. The highest BCUT2D eigenvalue weighted by atomic mass is 16.6. The maximum Gasteiger partial charge on any atom is 0.408 e. The van der Waals surface area contributed by atoms with Gasteiger partial charge in [0.05, 0.1) is 11.3 Å². The number of esters is 1. The number of carbonyl (C=O) groups excluding carboxylic acids is 3. The highest BCUT2D eigenvalue weighted by Crippen LogP contribution is 2.14. The van der Waals surface area contributed by atoms with Gasteiger partial charge in [-0.1, -0.05) is 12.1 Å². The summed E-state index contributed by atoms with van der Waals surface area (Å²) in [6.07, 6.45) is -0.725. The van der Waals surface area contributed by atoms with E-state index in [1.54, 1.807) is 41.5 Å². The van der Waals surface area contributed by atoms with Crippen LogP contribution in [0.15, 0.2) is 24.3 Å². The molecular weight excluding hydrogens is 406 g/mol. The number of hydrogen-bond acceptors (Lipinski definition) is 7. The van der Waals surface area contributed by atoms with Crippen molar-refractivity contribution in [2.75, 3.05) is 6.54 Å². The van der Waals surface area contributed by atoms with Crippen LogP contribution in [0.4, 0.5) is 10.5 Å². The van der Waals surface area contributed by atoms with Gasteiger partial charge in [0.1, 0.15) is 17.2 Å². The molecule has 0 radical (unpaired) electrons. The normalized spacial score (nSPS) is 12.5. The number of hydrogen-bond donors (Lipinski definition) is 2. The molecule has 31 heavy (non-hydrogen) atoms. The van der Waals surface area contributed by atoms with Gasteiger partial charge in [0.2, 0.25) is 5.91 Å². The minimum Gasteiger partial charge on any atom is -0.460 e. The third kappa shape index (κ3) is 11.0. The predicted octanol–water partition coefficient (Wildman–Crippen LogP) is 2.88. The standard InChI is InChI=1S/C21H31N3O7/c1-20(2,3)30-17(25)11-12-22-18(26)16(23-19(27)31-21(4,5)6)13-14-7-9-15(10-8-14)24(28)29/h7-10,16H,11-13H2,1-6H3,(H,22,26)(H,23,27). The molecular formula is C21H31N3O7. The molecule has 0 aromatic heterocycles. The van der Waals surface area contributed by atoms with E-state index < -0.39 is 40.1 Å². The van der Waals surface area contributed by atoms with E-state index in [-0.39, 0.29) is 25.1 Å². The van der Waals surface area contributed by atoms with Gasteiger partial charge in [-0.05, 0) is 47.1 Å². The lowest BCUT2D eigenvalue weighted by Crippen LogP contribution is -2.49. The van der Waals surface area contributed by atoms with Crippen molar-refractivity contribution in [2.24, 2.45) is 0 Å². The van der Waals surface area contributed by atoms with E-state index in [1.165, 1.54) is 24.3 Å². The van der Waals surface area contributed by atoms with Gasteiger partial charge in [-0.15, -0.1) is 0 Å². The van der Waals surface area contributed by atoms with E-state index >= 15 is 0 Å². The van der Waals surface area contributed by atoms with Gasteiger partial charge >= 0.3 is 12.1 Å². The fraction of sp³-hybridized carbons (Fsp3) is 0.571. The second kappa shape index (κ2) is 10.7. The lowest BCUT2D eigenvalue weighted by atomic mass is 10.0. The Hall–Kier alpha value is -3.17. The van der Waals surface area contributed by atoms with Gasteiger partial charge in [0, 0.05) is 25.1 Å². The number of nitro groups is 1. The Kier molecular flexibility index (Phi) is 8.96. The first-order chi connectivity index (χ1) is 14.2. The molecule has 2 N–H and O–H groups in total.